The first-order valence-corrected chi connectivity index (χ1v) is 10.5. The Bertz CT molecular complexity index is 904. The highest BCUT2D eigenvalue weighted by Gasteiger charge is 2.40. The molecule has 0 aliphatic heterocycles. The zero-order valence-corrected chi connectivity index (χ0v) is 18.4. The summed E-state index contributed by atoms with van der Waals surface area (Å²) in [7, 11) is 3.17. The van der Waals surface area contributed by atoms with Gasteiger partial charge in [0, 0.05) is 19.6 Å². The van der Waals surface area contributed by atoms with Crippen molar-refractivity contribution in [2.75, 3.05) is 27.8 Å². The summed E-state index contributed by atoms with van der Waals surface area (Å²) in [5.41, 5.74) is 1.70. The first kappa shape index (κ1) is 23.3. The summed E-state index contributed by atoms with van der Waals surface area (Å²) in [6.45, 7) is 2.38. The number of pyridine rings is 1. The van der Waals surface area contributed by atoms with Gasteiger partial charge in [-0.05, 0) is 50.3 Å². The van der Waals surface area contributed by atoms with Crippen LogP contribution in [0.4, 0.5) is 0 Å². The number of carboxylic acid groups (broad SMARTS) is 1. The van der Waals surface area contributed by atoms with Crippen molar-refractivity contribution in [1.82, 2.24) is 4.98 Å². The highest BCUT2D eigenvalue weighted by molar-refractivity contribution is 5.83. The molecule has 7 nitrogen and oxygen atoms in total. The van der Waals surface area contributed by atoms with Gasteiger partial charge < -0.3 is 24.1 Å². The number of carbonyl (C=O) groups is 1. The van der Waals surface area contributed by atoms with E-state index in [-0.39, 0.29) is 25.8 Å². The standard InChI is InChI=1S/C24H31NO6/c1-17(30-15-28-2)21-7-6-19-5-4-18(14-22(19)25-21)8-11-24(23(26)27)12-9-20(10-13-24)31-16-29-3/h4-8,11,14,17,20H,9-10,12-13,15-16H2,1-3H3,(H,26,27)/b11-8+/t17-,20?,24?/m1/s1. The number of rotatable bonds is 10. The van der Waals surface area contributed by atoms with Crippen molar-refractivity contribution in [2.45, 2.75) is 44.8 Å². The monoisotopic (exact) mass is 429 g/mol. The summed E-state index contributed by atoms with van der Waals surface area (Å²) in [5, 5.41) is 10.9. The third-order valence-electron chi connectivity index (χ3n) is 5.86. The molecule has 1 atom stereocenters. The predicted octanol–water partition coefficient (Wildman–Crippen LogP) is 4.56. The third-order valence-corrected chi connectivity index (χ3v) is 5.86. The molecule has 168 valence electrons. The number of fused-ring (bicyclic) bond motifs is 1. The molecule has 1 heterocycles. The lowest BCUT2D eigenvalue weighted by Crippen LogP contribution is -2.36. The minimum Gasteiger partial charge on any atom is -0.481 e. The predicted molar refractivity (Wildman–Crippen MR) is 117 cm³/mol. The fraction of sp³-hybridized carbons (Fsp3) is 0.500. The number of ether oxygens (including phenoxy) is 4. The van der Waals surface area contributed by atoms with Gasteiger partial charge in [0.2, 0.25) is 0 Å². The number of aromatic nitrogens is 1. The number of carboxylic acids is 1. The lowest BCUT2D eigenvalue weighted by atomic mass is 9.72. The minimum atomic E-state index is -0.875. The summed E-state index contributed by atoms with van der Waals surface area (Å²) in [5.74, 6) is -0.792. The molecule has 0 amide bonds. The molecular weight excluding hydrogens is 398 g/mol. The second kappa shape index (κ2) is 10.8. The normalized spacial score (nSPS) is 22.7. The topological polar surface area (TPSA) is 87.1 Å². The Balaban J connectivity index is 1.76. The van der Waals surface area contributed by atoms with Crippen molar-refractivity contribution in [3.8, 4) is 0 Å². The third kappa shape index (κ3) is 5.89. The second-order valence-corrected chi connectivity index (χ2v) is 7.97. The molecule has 0 bridgehead atoms. The van der Waals surface area contributed by atoms with Crippen LogP contribution in [0.5, 0.6) is 0 Å². The first-order valence-electron chi connectivity index (χ1n) is 10.5. The van der Waals surface area contributed by atoms with E-state index < -0.39 is 11.4 Å². The van der Waals surface area contributed by atoms with E-state index in [1.807, 2.05) is 49.4 Å². The van der Waals surface area contributed by atoms with Gasteiger partial charge in [-0.1, -0.05) is 30.4 Å². The van der Waals surface area contributed by atoms with E-state index in [1.54, 1.807) is 14.2 Å². The zero-order chi connectivity index (χ0) is 22.3. The van der Waals surface area contributed by atoms with Crippen molar-refractivity contribution < 1.29 is 28.8 Å². The van der Waals surface area contributed by atoms with E-state index in [1.165, 1.54) is 0 Å². The average Bonchev–Trinajstić information content (AvgIpc) is 2.79. The van der Waals surface area contributed by atoms with Crippen LogP contribution in [0.15, 0.2) is 36.4 Å². The molecule has 1 N–H and O–H groups in total. The van der Waals surface area contributed by atoms with E-state index >= 15 is 0 Å². The second-order valence-electron chi connectivity index (χ2n) is 7.97. The molecule has 31 heavy (non-hydrogen) atoms. The fourth-order valence-corrected chi connectivity index (χ4v) is 3.88. The quantitative estimate of drug-likeness (QED) is 0.554. The van der Waals surface area contributed by atoms with Crippen LogP contribution < -0.4 is 0 Å². The molecule has 1 aromatic heterocycles. The van der Waals surface area contributed by atoms with Gasteiger partial charge in [-0.2, -0.15) is 0 Å². The summed E-state index contributed by atoms with van der Waals surface area (Å²) in [4.78, 5) is 16.8. The lowest BCUT2D eigenvalue weighted by Gasteiger charge is -2.34. The Morgan fingerprint density at radius 1 is 1.19 bits per heavy atom. The van der Waals surface area contributed by atoms with Gasteiger partial charge in [0.05, 0.1) is 28.8 Å². The summed E-state index contributed by atoms with van der Waals surface area (Å²) in [6, 6.07) is 9.91. The van der Waals surface area contributed by atoms with E-state index in [0.29, 0.717) is 25.7 Å². The Hall–Kier alpha value is -2.32. The Labute approximate surface area is 183 Å². The molecule has 1 saturated carbocycles. The average molecular weight is 430 g/mol. The minimum absolute atomic E-state index is 0.0476. The van der Waals surface area contributed by atoms with Gasteiger partial charge in [0.15, 0.2) is 0 Å². The first-order chi connectivity index (χ1) is 15.0. The smallest absolute Gasteiger partial charge is 0.313 e. The maximum absolute atomic E-state index is 12.1. The van der Waals surface area contributed by atoms with Crippen LogP contribution in [0.1, 0.15) is 50.0 Å². The molecule has 0 spiro atoms. The number of methoxy groups -OCH3 is 2. The summed E-state index contributed by atoms with van der Waals surface area (Å²) >= 11 is 0. The van der Waals surface area contributed by atoms with Gasteiger partial charge in [0.25, 0.3) is 0 Å². The maximum atomic E-state index is 12.1. The molecule has 1 aliphatic carbocycles. The Kier molecular flexibility index (Phi) is 8.15. The van der Waals surface area contributed by atoms with Gasteiger partial charge in [0.1, 0.15) is 13.6 Å². The molecule has 2 aromatic rings. The molecule has 0 saturated heterocycles. The van der Waals surface area contributed by atoms with Crippen LogP contribution in [0, 0.1) is 5.41 Å². The van der Waals surface area contributed by atoms with Crippen molar-refractivity contribution in [3.05, 3.63) is 47.7 Å². The molecule has 0 unspecified atom stereocenters. The van der Waals surface area contributed by atoms with Crippen molar-refractivity contribution in [3.63, 3.8) is 0 Å². The van der Waals surface area contributed by atoms with Crippen LogP contribution in [-0.2, 0) is 23.7 Å². The Morgan fingerprint density at radius 2 is 1.90 bits per heavy atom. The van der Waals surface area contributed by atoms with Crippen LogP contribution in [-0.4, -0.2) is 50.0 Å². The number of hydrogen-bond donors (Lipinski definition) is 1. The number of nitrogens with zero attached hydrogens (tertiary/aromatic N) is 1. The zero-order valence-electron chi connectivity index (χ0n) is 18.4. The molecule has 1 aliphatic rings. The largest absolute Gasteiger partial charge is 0.481 e. The van der Waals surface area contributed by atoms with Crippen LogP contribution in [0.3, 0.4) is 0 Å². The van der Waals surface area contributed by atoms with Crippen LogP contribution in [0.25, 0.3) is 17.0 Å². The molecule has 3 rings (SSSR count). The molecule has 7 heteroatoms. The van der Waals surface area contributed by atoms with E-state index in [9.17, 15) is 9.90 Å². The van der Waals surface area contributed by atoms with E-state index in [2.05, 4.69) is 0 Å². The molecular formula is C24H31NO6. The van der Waals surface area contributed by atoms with Crippen molar-refractivity contribution >= 4 is 22.9 Å². The van der Waals surface area contributed by atoms with Crippen molar-refractivity contribution in [2.24, 2.45) is 5.41 Å². The number of aliphatic carboxylic acids is 1. The fourth-order valence-electron chi connectivity index (χ4n) is 3.88. The van der Waals surface area contributed by atoms with Crippen LogP contribution >= 0.6 is 0 Å². The van der Waals surface area contributed by atoms with Crippen LogP contribution in [0.2, 0.25) is 0 Å². The highest BCUT2D eigenvalue weighted by Crippen LogP contribution is 2.39. The van der Waals surface area contributed by atoms with Crippen molar-refractivity contribution in [1.29, 1.82) is 0 Å². The van der Waals surface area contributed by atoms with E-state index in [0.717, 1.165) is 22.2 Å². The van der Waals surface area contributed by atoms with Gasteiger partial charge in [-0.3, -0.25) is 9.78 Å². The number of benzene rings is 1. The molecule has 1 aromatic carbocycles. The highest BCUT2D eigenvalue weighted by atomic mass is 16.7. The van der Waals surface area contributed by atoms with Gasteiger partial charge in [-0.25, -0.2) is 0 Å². The molecule has 0 radical (unpaired) electrons. The Morgan fingerprint density at radius 3 is 2.58 bits per heavy atom. The molecule has 1 fully saturated rings. The number of hydrogen-bond acceptors (Lipinski definition) is 6. The maximum Gasteiger partial charge on any atom is 0.313 e. The summed E-state index contributed by atoms with van der Waals surface area (Å²) < 4.78 is 21.1. The lowest BCUT2D eigenvalue weighted by molar-refractivity contribution is -0.150. The van der Waals surface area contributed by atoms with E-state index in [4.69, 9.17) is 23.9 Å². The van der Waals surface area contributed by atoms with Gasteiger partial charge >= 0.3 is 5.97 Å². The summed E-state index contributed by atoms with van der Waals surface area (Å²) in [6.07, 6.45) is 6.06. The SMILES string of the molecule is COCOC1CCC(/C=C/c2ccc3ccc([C@@H](C)OCOC)nc3c2)(C(=O)O)CC1. The van der Waals surface area contributed by atoms with Gasteiger partial charge in [-0.15, -0.1) is 0 Å².